The number of rotatable bonds is 8. The summed E-state index contributed by atoms with van der Waals surface area (Å²) < 4.78 is 9.57. The molecule has 1 fully saturated rings. The van der Waals surface area contributed by atoms with E-state index in [1.165, 1.54) is 0 Å². The number of nitrogens with zero attached hydrogens (tertiary/aromatic N) is 2. The van der Waals surface area contributed by atoms with Crippen LogP contribution < -0.4 is 9.34 Å². The predicted molar refractivity (Wildman–Crippen MR) is 138 cm³/mol. The average Bonchev–Trinajstić information content (AvgIpc) is 3.22. The number of carbonyl (C=O) groups is 1. The average molecular weight is 463 g/mol. The molecule has 0 amide bonds. The fourth-order valence-electron chi connectivity index (χ4n) is 4.51. The zero-order chi connectivity index (χ0) is 23.3. The summed E-state index contributed by atoms with van der Waals surface area (Å²) in [7, 11) is -3.57. The molecule has 1 aliphatic heterocycles. The summed E-state index contributed by atoms with van der Waals surface area (Å²) >= 11 is 0. The minimum absolute atomic E-state index is 0.280. The van der Waals surface area contributed by atoms with E-state index >= 15 is 0 Å². The van der Waals surface area contributed by atoms with E-state index in [0.717, 1.165) is 16.9 Å². The van der Waals surface area contributed by atoms with Crippen molar-refractivity contribution in [3.63, 3.8) is 0 Å². The van der Waals surface area contributed by atoms with Crippen LogP contribution in [-0.2, 0) is 16.0 Å². The Labute approximate surface area is 196 Å². The van der Waals surface area contributed by atoms with Crippen molar-refractivity contribution in [2.45, 2.75) is 13.3 Å². The number of anilines is 2. The third-order valence-corrected chi connectivity index (χ3v) is 9.82. The van der Waals surface area contributed by atoms with E-state index in [0.29, 0.717) is 24.8 Å². The Bertz CT molecular complexity index is 1030. The second-order valence-electron chi connectivity index (χ2n) is 8.13. The molecule has 0 spiro atoms. The van der Waals surface area contributed by atoms with Gasteiger partial charge in [0.1, 0.15) is 0 Å². The van der Waals surface area contributed by atoms with Gasteiger partial charge >= 0.3 is 196 Å². The number of benzene rings is 3. The fourth-order valence-corrected chi connectivity index (χ4v) is 8.03. The van der Waals surface area contributed by atoms with Gasteiger partial charge in [0.15, 0.2) is 0 Å². The number of esters is 1. The summed E-state index contributed by atoms with van der Waals surface area (Å²) in [6.45, 7) is 7.75. The molecular weight excluding hydrogens is 431 g/mol. The Kier molecular flexibility index (Phi) is 7.12. The fraction of sp³-hybridized carbons (Fsp3) is 0.222. The van der Waals surface area contributed by atoms with Crippen molar-refractivity contribution < 1.29 is 14.4 Å². The topological polar surface area (TPSA) is 53.0 Å². The molecule has 5 nitrogen and oxygen atoms in total. The molecule has 0 bridgehead atoms. The molecule has 1 saturated heterocycles. The molecule has 1 heterocycles. The van der Waals surface area contributed by atoms with E-state index in [9.17, 15) is 9.69 Å². The van der Waals surface area contributed by atoms with Crippen molar-refractivity contribution in [2.24, 2.45) is 5.92 Å². The van der Waals surface area contributed by atoms with Gasteiger partial charge in [-0.3, -0.25) is 0 Å². The van der Waals surface area contributed by atoms with Crippen molar-refractivity contribution in [3.8, 4) is 0 Å². The molecule has 1 N–H and O–H groups in total. The number of hydrogen-bond donors (Lipinski definition) is 1. The summed E-state index contributed by atoms with van der Waals surface area (Å²) in [5.41, 5.74) is 2.85. The molecule has 3 aromatic rings. The van der Waals surface area contributed by atoms with E-state index in [4.69, 9.17) is 4.74 Å². The summed E-state index contributed by atoms with van der Waals surface area (Å²) in [5.74, 6) is -1.00. The maximum absolute atomic E-state index is 13.2. The Balaban J connectivity index is 1.78. The van der Waals surface area contributed by atoms with Crippen LogP contribution in [0.5, 0.6) is 0 Å². The number of hydrogen-bond acceptors (Lipinski definition) is 5. The van der Waals surface area contributed by atoms with Crippen LogP contribution in [0.25, 0.3) is 0 Å². The van der Waals surface area contributed by atoms with Crippen LogP contribution in [0.1, 0.15) is 12.5 Å². The van der Waals surface area contributed by atoms with Gasteiger partial charge in [-0.1, -0.05) is 0 Å². The molecule has 0 aliphatic carbocycles. The molecule has 6 heteroatoms. The van der Waals surface area contributed by atoms with Crippen molar-refractivity contribution in [1.29, 1.82) is 0 Å². The molecule has 4 rings (SSSR count). The first kappa shape index (κ1) is 23.0. The summed E-state index contributed by atoms with van der Waals surface area (Å²) in [4.78, 5) is 25.7. The van der Waals surface area contributed by atoms with Gasteiger partial charge in [0.05, 0.1) is 0 Å². The van der Waals surface area contributed by atoms with Crippen LogP contribution in [0.2, 0.25) is 0 Å². The second-order valence-corrected chi connectivity index (χ2v) is 11.1. The first-order valence-corrected chi connectivity index (χ1v) is 13.2. The van der Waals surface area contributed by atoms with Gasteiger partial charge in [-0.2, -0.15) is 0 Å². The van der Waals surface area contributed by atoms with E-state index in [-0.39, 0.29) is 12.6 Å². The predicted octanol–water partition coefficient (Wildman–Crippen LogP) is 5.44. The summed E-state index contributed by atoms with van der Waals surface area (Å²) in [5, 5.41) is 0.537. The number of carbonyl (C=O) groups excluding carboxylic acids is 1. The van der Waals surface area contributed by atoms with Crippen LogP contribution in [-0.4, -0.2) is 30.6 Å². The van der Waals surface area contributed by atoms with Gasteiger partial charge in [-0.25, -0.2) is 0 Å². The van der Waals surface area contributed by atoms with E-state index in [1.54, 1.807) is 6.92 Å². The van der Waals surface area contributed by atoms with Crippen LogP contribution in [0.3, 0.4) is 0 Å². The first-order chi connectivity index (χ1) is 16.1. The third-order valence-electron chi connectivity index (χ3n) is 6.14. The van der Waals surface area contributed by atoms with Crippen LogP contribution in [0.4, 0.5) is 11.4 Å². The molecular formula is C27H31N2O3P. The van der Waals surface area contributed by atoms with Crippen LogP contribution in [0, 0.1) is 5.92 Å². The Morgan fingerprint density at radius 3 is 1.82 bits per heavy atom. The molecule has 3 aromatic carbocycles. The molecule has 33 heavy (non-hydrogen) atoms. The van der Waals surface area contributed by atoms with Gasteiger partial charge in [0, 0.05) is 0 Å². The SMILES string of the molecule is C=C(C(Cc1ccccc1)C(=O)OCC)[PH]1(O)N(c2ccccc2)CCN1c1ccccc1. The standard InChI is InChI=1S/C27H31N2O3P/c1-3-32-27(30)26(21-23-13-7-4-8-14-23)22(2)33(31)28(24-15-9-5-10-16-24)19-20-29(33)25-17-11-6-12-18-25/h4-18,26,31,33H,2-3,19-21H2,1H3. The molecule has 0 aromatic heterocycles. The van der Waals surface area contributed by atoms with E-state index in [1.807, 2.05) is 91.0 Å². The Hall–Kier alpha value is -3.14. The molecule has 1 atom stereocenters. The molecule has 0 saturated carbocycles. The summed E-state index contributed by atoms with van der Waals surface area (Å²) in [6.07, 6.45) is 0.430. The van der Waals surface area contributed by atoms with Gasteiger partial charge in [-0.05, 0) is 0 Å². The van der Waals surface area contributed by atoms with Crippen molar-refractivity contribution >= 4 is 25.1 Å². The number of para-hydroxylation sites is 2. The Morgan fingerprint density at radius 2 is 1.36 bits per heavy atom. The zero-order valence-corrected chi connectivity index (χ0v) is 19.9. The van der Waals surface area contributed by atoms with Gasteiger partial charge in [-0.15, -0.1) is 0 Å². The first-order valence-electron chi connectivity index (χ1n) is 11.3. The quantitative estimate of drug-likeness (QED) is 0.357. The van der Waals surface area contributed by atoms with Crippen LogP contribution in [0.15, 0.2) is 103 Å². The van der Waals surface area contributed by atoms with Crippen LogP contribution >= 0.6 is 7.79 Å². The monoisotopic (exact) mass is 462 g/mol. The van der Waals surface area contributed by atoms with E-state index in [2.05, 4.69) is 15.9 Å². The second kappa shape index (κ2) is 10.2. The Morgan fingerprint density at radius 1 is 0.909 bits per heavy atom. The number of ether oxygens (including phenoxy) is 1. The van der Waals surface area contributed by atoms with Gasteiger partial charge in [0.25, 0.3) is 0 Å². The molecule has 172 valence electrons. The van der Waals surface area contributed by atoms with Gasteiger partial charge < -0.3 is 0 Å². The van der Waals surface area contributed by atoms with E-state index < -0.39 is 13.7 Å². The van der Waals surface area contributed by atoms with Crippen molar-refractivity contribution in [3.05, 3.63) is 108 Å². The normalized spacial score (nSPS) is 16.8. The minimum atomic E-state index is -3.57. The molecule has 1 aliphatic rings. The zero-order valence-electron chi connectivity index (χ0n) is 18.9. The molecule has 0 radical (unpaired) electrons. The van der Waals surface area contributed by atoms with Crippen molar-refractivity contribution in [1.82, 2.24) is 0 Å². The molecule has 1 unspecified atom stereocenters. The van der Waals surface area contributed by atoms with Gasteiger partial charge in [0.2, 0.25) is 0 Å². The maximum atomic E-state index is 13.2. The van der Waals surface area contributed by atoms with Crippen molar-refractivity contribution in [2.75, 3.05) is 29.0 Å². The summed E-state index contributed by atoms with van der Waals surface area (Å²) in [6, 6.07) is 29.6. The third kappa shape index (κ3) is 4.66.